The molecular weight excluding hydrogens is 299 g/mol. The zero-order valence-electron chi connectivity index (χ0n) is 11.0. The molecule has 7 heteroatoms. The maximum absolute atomic E-state index is 12.9. The summed E-state index contributed by atoms with van der Waals surface area (Å²) in [6.07, 6.45) is -2.91. The zero-order valence-corrected chi connectivity index (χ0v) is 11.8. The third kappa shape index (κ3) is 3.69. The first kappa shape index (κ1) is 15.2. The van der Waals surface area contributed by atoms with Gasteiger partial charge in [-0.05, 0) is 36.8 Å². The van der Waals surface area contributed by atoms with Gasteiger partial charge in [0.25, 0.3) is 0 Å². The number of aromatic nitrogens is 1. The van der Waals surface area contributed by atoms with Crippen molar-refractivity contribution in [2.45, 2.75) is 13.1 Å². The van der Waals surface area contributed by atoms with Crippen molar-refractivity contribution in [2.75, 3.05) is 5.32 Å². The molecule has 1 aromatic carbocycles. The number of nitrogens with one attached hydrogen (secondary N) is 1. The Bertz CT molecular complexity index is 683. The van der Waals surface area contributed by atoms with Crippen LogP contribution < -0.4 is 11.1 Å². The lowest BCUT2D eigenvalue weighted by Gasteiger charge is -2.13. The number of pyridine rings is 1. The number of alkyl halides is 3. The summed E-state index contributed by atoms with van der Waals surface area (Å²) >= 11 is 4.85. The van der Waals surface area contributed by atoms with E-state index in [0.29, 0.717) is 17.1 Å². The van der Waals surface area contributed by atoms with Gasteiger partial charge in [-0.25, -0.2) is 4.98 Å². The summed E-state index contributed by atoms with van der Waals surface area (Å²) in [5, 5.41) is 2.81. The van der Waals surface area contributed by atoms with Crippen LogP contribution in [0.3, 0.4) is 0 Å². The van der Waals surface area contributed by atoms with Gasteiger partial charge < -0.3 is 11.1 Å². The SMILES string of the molecule is Cc1ccc(Nc2cc(C(N)=S)ccn2)cc1C(F)(F)F. The first-order chi connectivity index (χ1) is 9.77. The molecule has 0 unspecified atom stereocenters. The second-order valence-electron chi connectivity index (χ2n) is 4.45. The molecule has 110 valence electrons. The van der Waals surface area contributed by atoms with Gasteiger partial charge >= 0.3 is 6.18 Å². The Morgan fingerprint density at radius 2 is 1.95 bits per heavy atom. The minimum absolute atomic E-state index is 0.165. The van der Waals surface area contributed by atoms with E-state index in [4.69, 9.17) is 18.0 Å². The molecule has 0 amide bonds. The third-order valence-corrected chi connectivity index (χ3v) is 3.10. The number of hydrogen-bond donors (Lipinski definition) is 2. The quantitative estimate of drug-likeness (QED) is 0.847. The van der Waals surface area contributed by atoms with Gasteiger partial charge in [-0.1, -0.05) is 18.3 Å². The molecule has 2 rings (SSSR count). The molecule has 1 heterocycles. The van der Waals surface area contributed by atoms with E-state index in [1.54, 1.807) is 18.2 Å². The lowest BCUT2D eigenvalue weighted by atomic mass is 10.1. The molecule has 0 aliphatic heterocycles. The highest BCUT2D eigenvalue weighted by molar-refractivity contribution is 7.80. The average Bonchev–Trinajstić information content (AvgIpc) is 2.40. The zero-order chi connectivity index (χ0) is 15.6. The Labute approximate surface area is 125 Å². The van der Waals surface area contributed by atoms with Gasteiger partial charge in [0.15, 0.2) is 0 Å². The Hall–Kier alpha value is -2.15. The van der Waals surface area contributed by atoms with Crippen molar-refractivity contribution >= 4 is 28.7 Å². The monoisotopic (exact) mass is 311 g/mol. The largest absolute Gasteiger partial charge is 0.416 e. The molecule has 0 saturated heterocycles. The lowest BCUT2D eigenvalue weighted by Crippen LogP contribution is -2.10. The number of rotatable bonds is 3. The molecule has 0 aliphatic carbocycles. The summed E-state index contributed by atoms with van der Waals surface area (Å²) in [7, 11) is 0. The predicted octanol–water partition coefficient (Wildman–Crippen LogP) is 3.79. The van der Waals surface area contributed by atoms with Crippen LogP contribution in [0.25, 0.3) is 0 Å². The van der Waals surface area contributed by atoms with E-state index in [-0.39, 0.29) is 10.6 Å². The number of nitrogens with zero attached hydrogens (tertiary/aromatic N) is 1. The standard InChI is InChI=1S/C14H12F3N3S/c1-8-2-3-10(7-11(8)14(15,16)17)20-12-6-9(13(18)21)4-5-19-12/h2-7H,1H3,(H2,18,21)(H,19,20). The minimum Gasteiger partial charge on any atom is -0.389 e. The Balaban J connectivity index is 2.32. The van der Waals surface area contributed by atoms with Crippen LogP contribution >= 0.6 is 12.2 Å². The Morgan fingerprint density at radius 3 is 2.57 bits per heavy atom. The van der Waals surface area contributed by atoms with Crippen molar-refractivity contribution in [1.29, 1.82) is 0 Å². The van der Waals surface area contributed by atoms with Gasteiger partial charge in [-0.15, -0.1) is 0 Å². The van der Waals surface area contributed by atoms with E-state index in [1.807, 2.05) is 0 Å². The van der Waals surface area contributed by atoms with Crippen molar-refractivity contribution < 1.29 is 13.2 Å². The molecule has 0 aliphatic rings. The summed E-state index contributed by atoms with van der Waals surface area (Å²) in [5.74, 6) is 0.372. The summed E-state index contributed by atoms with van der Waals surface area (Å²) in [5.41, 5.74) is 5.87. The smallest absolute Gasteiger partial charge is 0.389 e. The van der Waals surface area contributed by atoms with Crippen LogP contribution in [0, 0.1) is 6.92 Å². The summed E-state index contributed by atoms with van der Waals surface area (Å²) in [4.78, 5) is 4.22. The van der Waals surface area contributed by atoms with Crippen LogP contribution in [-0.2, 0) is 6.18 Å². The second kappa shape index (κ2) is 5.69. The Morgan fingerprint density at radius 1 is 1.24 bits per heavy atom. The first-order valence-electron chi connectivity index (χ1n) is 5.98. The minimum atomic E-state index is -4.39. The number of anilines is 2. The number of nitrogens with two attached hydrogens (primary N) is 1. The van der Waals surface area contributed by atoms with Gasteiger partial charge in [0.05, 0.1) is 5.56 Å². The molecule has 0 bridgehead atoms. The number of aryl methyl sites for hydroxylation is 1. The molecule has 0 fully saturated rings. The molecule has 3 nitrogen and oxygen atoms in total. The Kier molecular flexibility index (Phi) is 4.13. The third-order valence-electron chi connectivity index (χ3n) is 2.86. The maximum atomic E-state index is 12.9. The highest BCUT2D eigenvalue weighted by Crippen LogP contribution is 2.33. The topological polar surface area (TPSA) is 50.9 Å². The summed E-state index contributed by atoms with van der Waals surface area (Å²) in [6.45, 7) is 1.42. The normalized spacial score (nSPS) is 11.2. The molecule has 0 saturated carbocycles. The molecule has 1 aromatic heterocycles. The van der Waals surface area contributed by atoms with Crippen LogP contribution in [0.4, 0.5) is 24.7 Å². The van der Waals surface area contributed by atoms with Crippen LogP contribution in [0.1, 0.15) is 16.7 Å². The molecule has 0 radical (unpaired) electrons. The molecule has 0 atom stereocenters. The number of halogens is 3. The fourth-order valence-electron chi connectivity index (χ4n) is 1.81. The van der Waals surface area contributed by atoms with E-state index < -0.39 is 11.7 Å². The summed E-state index contributed by atoms with van der Waals surface area (Å²) in [6, 6.07) is 7.21. The van der Waals surface area contributed by atoms with Crippen LogP contribution in [-0.4, -0.2) is 9.97 Å². The van der Waals surface area contributed by atoms with Gasteiger partial charge in [-0.2, -0.15) is 13.2 Å². The molecule has 21 heavy (non-hydrogen) atoms. The maximum Gasteiger partial charge on any atom is 0.416 e. The number of benzene rings is 1. The number of thiocarbonyl (C=S) groups is 1. The fourth-order valence-corrected chi connectivity index (χ4v) is 1.93. The van der Waals surface area contributed by atoms with Crippen molar-refractivity contribution in [3.8, 4) is 0 Å². The number of hydrogen-bond acceptors (Lipinski definition) is 3. The van der Waals surface area contributed by atoms with E-state index in [9.17, 15) is 13.2 Å². The van der Waals surface area contributed by atoms with Crippen molar-refractivity contribution in [1.82, 2.24) is 4.98 Å². The molecular formula is C14H12F3N3S. The van der Waals surface area contributed by atoms with Gasteiger partial charge in [-0.3, -0.25) is 0 Å². The van der Waals surface area contributed by atoms with Crippen molar-refractivity contribution in [3.05, 3.63) is 53.2 Å². The molecule has 3 N–H and O–H groups in total. The van der Waals surface area contributed by atoms with Crippen molar-refractivity contribution in [2.24, 2.45) is 5.73 Å². The molecule has 2 aromatic rings. The highest BCUT2D eigenvalue weighted by atomic mass is 32.1. The summed E-state index contributed by atoms with van der Waals surface area (Å²) < 4.78 is 38.6. The van der Waals surface area contributed by atoms with E-state index in [2.05, 4.69) is 10.3 Å². The van der Waals surface area contributed by atoms with Gasteiger partial charge in [0, 0.05) is 17.4 Å². The van der Waals surface area contributed by atoms with Crippen LogP contribution in [0.2, 0.25) is 0 Å². The van der Waals surface area contributed by atoms with Crippen LogP contribution in [0.5, 0.6) is 0 Å². The fraction of sp³-hybridized carbons (Fsp3) is 0.143. The first-order valence-corrected chi connectivity index (χ1v) is 6.39. The van der Waals surface area contributed by atoms with E-state index in [1.165, 1.54) is 19.2 Å². The van der Waals surface area contributed by atoms with E-state index >= 15 is 0 Å². The predicted molar refractivity (Wildman–Crippen MR) is 79.6 cm³/mol. The highest BCUT2D eigenvalue weighted by Gasteiger charge is 2.32. The van der Waals surface area contributed by atoms with E-state index in [0.717, 1.165) is 6.07 Å². The lowest BCUT2D eigenvalue weighted by molar-refractivity contribution is -0.138. The van der Waals surface area contributed by atoms with Crippen molar-refractivity contribution in [3.63, 3.8) is 0 Å². The van der Waals surface area contributed by atoms with Gasteiger partial charge in [0.1, 0.15) is 10.8 Å². The molecule has 0 spiro atoms. The van der Waals surface area contributed by atoms with Gasteiger partial charge in [0.2, 0.25) is 0 Å². The second-order valence-corrected chi connectivity index (χ2v) is 4.89. The average molecular weight is 311 g/mol. The van der Waals surface area contributed by atoms with Crippen LogP contribution in [0.15, 0.2) is 36.5 Å².